The number of carbonyl (C=O) groups excluding carboxylic acids is 1. The zero-order valence-electron chi connectivity index (χ0n) is 9.63. The lowest BCUT2D eigenvalue weighted by Crippen LogP contribution is -2.40. The van der Waals surface area contributed by atoms with Crippen molar-refractivity contribution in [1.82, 2.24) is 4.90 Å². The second-order valence-corrected chi connectivity index (χ2v) is 5.66. The first kappa shape index (κ1) is 11.5. The van der Waals surface area contributed by atoms with E-state index in [1.54, 1.807) is 4.90 Å². The van der Waals surface area contributed by atoms with E-state index < -0.39 is 5.41 Å². The standard InChI is InChI=1S/C11H21NO2/c1-10(2,3)7-12(4)9(14)11(8-13)5-6-11/h13H,5-8H2,1-4H3. The summed E-state index contributed by atoms with van der Waals surface area (Å²) < 4.78 is 0. The van der Waals surface area contributed by atoms with Crippen LogP contribution in [0.2, 0.25) is 0 Å². The van der Waals surface area contributed by atoms with Crippen LogP contribution in [0.25, 0.3) is 0 Å². The van der Waals surface area contributed by atoms with Crippen LogP contribution in [-0.2, 0) is 4.79 Å². The molecule has 3 nitrogen and oxygen atoms in total. The Kier molecular flexibility index (Phi) is 2.91. The van der Waals surface area contributed by atoms with Gasteiger partial charge in [0, 0.05) is 13.6 Å². The molecule has 0 heterocycles. The number of rotatable bonds is 3. The Balaban J connectivity index is 2.53. The van der Waals surface area contributed by atoms with Gasteiger partial charge in [-0.25, -0.2) is 0 Å². The molecular formula is C11H21NO2. The average molecular weight is 199 g/mol. The van der Waals surface area contributed by atoms with E-state index in [-0.39, 0.29) is 17.9 Å². The van der Waals surface area contributed by atoms with Crippen molar-refractivity contribution >= 4 is 5.91 Å². The van der Waals surface area contributed by atoms with Gasteiger partial charge in [0.1, 0.15) is 0 Å². The lowest BCUT2D eigenvalue weighted by Gasteiger charge is -2.29. The first-order chi connectivity index (χ1) is 6.31. The molecule has 0 aliphatic heterocycles. The van der Waals surface area contributed by atoms with Crippen molar-refractivity contribution in [3.63, 3.8) is 0 Å². The zero-order valence-corrected chi connectivity index (χ0v) is 9.63. The summed E-state index contributed by atoms with van der Waals surface area (Å²) in [5, 5.41) is 9.13. The number of nitrogens with zero attached hydrogens (tertiary/aromatic N) is 1. The van der Waals surface area contributed by atoms with Crippen LogP contribution in [0.5, 0.6) is 0 Å². The molecular weight excluding hydrogens is 178 g/mol. The third-order valence-corrected chi connectivity index (χ3v) is 2.67. The highest BCUT2D eigenvalue weighted by atomic mass is 16.3. The maximum absolute atomic E-state index is 11.9. The number of carbonyl (C=O) groups is 1. The molecule has 0 aromatic carbocycles. The fourth-order valence-corrected chi connectivity index (χ4v) is 1.78. The van der Waals surface area contributed by atoms with Crippen LogP contribution in [0.4, 0.5) is 0 Å². The van der Waals surface area contributed by atoms with Gasteiger partial charge in [0.15, 0.2) is 0 Å². The molecule has 1 amide bonds. The van der Waals surface area contributed by atoms with Crippen LogP contribution in [0.3, 0.4) is 0 Å². The fraction of sp³-hybridized carbons (Fsp3) is 0.909. The summed E-state index contributed by atoms with van der Waals surface area (Å²) >= 11 is 0. The number of hydrogen-bond donors (Lipinski definition) is 1. The Labute approximate surface area is 86.1 Å². The van der Waals surface area contributed by atoms with E-state index in [9.17, 15) is 4.79 Å². The molecule has 82 valence electrons. The highest BCUT2D eigenvalue weighted by Gasteiger charge is 2.50. The van der Waals surface area contributed by atoms with Crippen molar-refractivity contribution in [3.05, 3.63) is 0 Å². The van der Waals surface area contributed by atoms with E-state index in [1.165, 1.54) is 0 Å². The van der Waals surface area contributed by atoms with Gasteiger partial charge in [0.2, 0.25) is 5.91 Å². The van der Waals surface area contributed by atoms with Crippen LogP contribution < -0.4 is 0 Å². The minimum Gasteiger partial charge on any atom is -0.395 e. The molecule has 3 heteroatoms. The van der Waals surface area contributed by atoms with Crippen LogP contribution >= 0.6 is 0 Å². The largest absolute Gasteiger partial charge is 0.395 e. The summed E-state index contributed by atoms with van der Waals surface area (Å²) in [5.74, 6) is 0.106. The lowest BCUT2D eigenvalue weighted by atomic mass is 9.95. The van der Waals surface area contributed by atoms with Gasteiger partial charge in [-0.2, -0.15) is 0 Å². The van der Waals surface area contributed by atoms with Crippen LogP contribution in [0.15, 0.2) is 0 Å². The molecule has 0 aromatic rings. The first-order valence-electron chi connectivity index (χ1n) is 5.17. The monoisotopic (exact) mass is 199 g/mol. The van der Waals surface area contributed by atoms with E-state index in [0.29, 0.717) is 0 Å². The minimum absolute atomic E-state index is 0.000314. The van der Waals surface area contributed by atoms with Gasteiger partial charge in [-0.05, 0) is 18.3 Å². The second kappa shape index (κ2) is 3.54. The van der Waals surface area contributed by atoms with Crippen LogP contribution in [0, 0.1) is 10.8 Å². The summed E-state index contributed by atoms with van der Waals surface area (Å²) in [6.07, 6.45) is 1.69. The number of aliphatic hydroxyl groups excluding tert-OH is 1. The second-order valence-electron chi connectivity index (χ2n) is 5.66. The maximum Gasteiger partial charge on any atom is 0.230 e. The Hall–Kier alpha value is -0.570. The van der Waals surface area contributed by atoms with Crippen LogP contribution in [-0.4, -0.2) is 36.1 Å². The highest BCUT2D eigenvalue weighted by Crippen LogP contribution is 2.46. The predicted molar refractivity (Wildman–Crippen MR) is 55.8 cm³/mol. The van der Waals surface area contributed by atoms with Crippen molar-refractivity contribution < 1.29 is 9.90 Å². The molecule has 0 saturated heterocycles. The molecule has 1 saturated carbocycles. The normalized spacial score (nSPS) is 19.2. The Bertz CT molecular complexity index is 226. The van der Waals surface area contributed by atoms with Crippen molar-refractivity contribution in [2.75, 3.05) is 20.2 Å². The predicted octanol–water partition coefficient (Wildman–Crippen LogP) is 1.26. The van der Waals surface area contributed by atoms with Gasteiger partial charge in [0.05, 0.1) is 12.0 Å². The minimum atomic E-state index is -0.417. The molecule has 0 aromatic heterocycles. The van der Waals surface area contributed by atoms with Crippen LogP contribution in [0.1, 0.15) is 33.6 Å². The zero-order chi connectivity index (χ0) is 11.0. The highest BCUT2D eigenvalue weighted by molar-refractivity contribution is 5.85. The van der Waals surface area contributed by atoms with Gasteiger partial charge >= 0.3 is 0 Å². The average Bonchev–Trinajstić information content (AvgIpc) is 2.80. The van der Waals surface area contributed by atoms with E-state index >= 15 is 0 Å². The molecule has 0 atom stereocenters. The molecule has 0 radical (unpaired) electrons. The smallest absolute Gasteiger partial charge is 0.230 e. The van der Waals surface area contributed by atoms with E-state index in [2.05, 4.69) is 20.8 Å². The molecule has 0 unspecified atom stereocenters. The summed E-state index contributed by atoms with van der Waals surface area (Å²) in [5.41, 5.74) is -0.296. The lowest BCUT2D eigenvalue weighted by molar-refractivity contribution is -0.138. The summed E-state index contributed by atoms with van der Waals surface area (Å²) in [6.45, 7) is 7.06. The SMILES string of the molecule is CN(CC(C)(C)C)C(=O)C1(CO)CC1. The van der Waals surface area contributed by atoms with E-state index in [4.69, 9.17) is 5.11 Å². The van der Waals surface area contributed by atoms with Crippen molar-refractivity contribution in [2.24, 2.45) is 10.8 Å². The summed E-state index contributed by atoms with van der Waals surface area (Å²) in [4.78, 5) is 13.7. The van der Waals surface area contributed by atoms with E-state index in [0.717, 1.165) is 19.4 Å². The molecule has 1 aliphatic carbocycles. The summed E-state index contributed by atoms with van der Waals surface area (Å²) in [6, 6.07) is 0. The molecule has 1 aliphatic rings. The van der Waals surface area contributed by atoms with Crippen molar-refractivity contribution in [1.29, 1.82) is 0 Å². The van der Waals surface area contributed by atoms with Crippen molar-refractivity contribution in [2.45, 2.75) is 33.6 Å². The number of amides is 1. The molecule has 0 bridgehead atoms. The summed E-state index contributed by atoms with van der Waals surface area (Å²) in [7, 11) is 1.82. The topological polar surface area (TPSA) is 40.5 Å². The molecule has 1 N–H and O–H groups in total. The molecule has 14 heavy (non-hydrogen) atoms. The molecule has 0 spiro atoms. The Morgan fingerprint density at radius 1 is 1.43 bits per heavy atom. The van der Waals surface area contributed by atoms with Gasteiger partial charge in [0.25, 0.3) is 0 Å². The quantitative estimate of drug-likeness (QED) is 0.743. The molecule has 1 fully saturated rings. The van der Waals surface area contributed by atoms with Crippen molar-refractivity contribution in [3.8, 4) is 0 Å². The third kappa shape index (κ3) is 2.47. The fourth-order valence-electron chi connectivity index (χ4n) is 1.78. The third-order valence-electron chi connectivity index (χ3n) is 2.67. The maximum atomic E-state index is 11.9. The first-order valence-corrected chi connectivity index (χ1v) is 5.17. The Morgan fingerprint density at radius 3 is 2.21 bits per heavy atom. The number of hydrogen-bond acceptors (Lipinski definition) is 2. The van der Waals surface area contributed by atoms with Gasteiger partial charge < -0.3 is 10.0 Å². The Morgan fingerprint density at radius 2 is 1.93 bits per heavy atom. The van der Waals surface area contributed by atoms with E-state index in [1.807, 2.05) is 7.05 Å². The molecule has 1 rings (SSSR count). The van der Waals surface area contributed by atoms with Gasteiger partial charge in [-0.1, -0.05) is 20.8 Å². The number of aliphatic hydroxyl groups is 1. The van der Waals surface area contributed by atoms with Gasteiger partial charge in [-0.15, -0.1) is 0 Å². The van der Waals surface area contributed by atoms with Gasteiger partial charge in [-0.3, -0.25) is 4.79 Å².